The summed E-state index contributed by atoms with van der Waals surface area (Å²) in [5.41, 5.74) is 1.04. The van der Waals surface area contributed by atoms with E-state index in [2.05, 4.69) is 5.10 Å². The van der Waals surface area contributed by atoms with E-state index in [9.17, 15) is 8.42 Å². The molecule has 0 fully saturated rings. The molecule has 86 valence electrons. The maximum Gasteiger partial charge on any atom is 0.266 e. The molecular weight excluding hydrogens is 218 g/mol. The van der Waals surface area contributed by atoms with Crippen LogP contribution in [0.1, 0.15) is 18.3 Å². The third kappa shape index (κ3) is 2.36. The molecule has 1 aromatic rings. The first-order chi connectivity index (χ1) is 6.90. The SMILES string of the molecule is CCONS(=O)(=O)c1c(C)nn(C)c1C. The lowest BCUT2D eigenvalue weighted by Crippen LogP contribution is -2.25. The fourth-order valence-corrected chi connectivity index (χ4v) is 2.63. The van der Waals surface area contributed by atoms with Crippen LogP contribution in [0.5, 0.6) is 0 Å². The third-order valence-electron chi connectivity index (χ3n) is 2.02. The second kappa shape index (κ2) is 4.30. The molecule has 15 heavy (non-hydrogen) atoms. The molecule has 0 amide bonds. The van der Waals surface area contributed by atoms with Crippen LogP contribution < -0.4 is 4.89 Å². The first-order valence-corrected chi connectivity index (χ1v) is 6.02. The number of hydrogen-bond donors (Lipinski definition) is 1. The quantitative estimate of drug-likeness (QED) is 0.757. The molecule has 0 unspecified atom stereocenters. The molecule has 0 bridgehead atoms. The monoisotopic (exact) mass is 233 g/mol. The van der Waals surface area contributed by atoms with E-state index in [1.54, 1.807) is 27.8 Å². The largest absolute Gasteiger partial charge is 0.287 e. The van der Waals surface area contributed by atoms with E-state index < -0.39 is 10.0 Å². The van der Waals surface area contributed by atoms with E-state index in [4.69, 9.17) is 4.84 Å². The highest BCUT2D eigenvalue weighted by molar-refractivity contribution is 7.89. The molecule has 0 atom stereocenters. The second-order valence-electron chi connectivity index (χ2n) is 3.14. The summed E-state index contributed by atoms with van der Waals surface area (Å²) in [6, 6.07) is 0. The first-order valence-electron chi connectivity index (χ1n) is 4.54. The molecule has 0 saturated carbocycles. The van der Waals surface area contributed by atoms with Crippen LogP contribution >= 0.6 is 0 Å². The molecule has 0 aliphatic rings. The van der Waals surface area contributed by atoms with Crippen molar-refractivity contribution in [2.45, 2.75) is 25.7 Å². The summed E-state index contributed by atoms with van der Waals surface area (Å²) in [7, 11) is -1.92. The summed E-state index contributed by atoms with van der Waals surface area (Å²) in [5.74, 6) is 0. The number of nitrogens with one attached hydrogen (secondary N) is 1. The van der Waals surface area contributed by atoms with E-state index in [0.29, 0.717) is 11.4 Å². The van der Waals surface area contributed by atoms with Crippen LogP contribution in [-0.4, -0.2) is 24.8 Å². The summed E-state index contributed by atoms with van der Waals surface area (Å²) >= 11 is 0. The number of nitrogens with zero attached hydrogens (tertiary/aromatic N) is 2. The highest BCUT2D eigenvalue weighted by atomic mass is 32.2. The highest BCUT2D eigenvalue weighted by Gasteiger charge is 2.23. The number of aromatic nitrogens is 2. The molecule has 0 aliphatic heterocycles. The lowest BCUT2D eigenvalue weighted by molar-refractivity contribution is 0.105. The van der Waals surface area contributed by atoms with Crippen molar-refractivity contribution < 1.29 is 13.3 Å². The Labute approximate surface area is 89.2 Å². The molecule has 0 spiro atoms. The van der Waals surface area contributed by atoms with E-state index in [1.165, 1.54) is 4.68 Å². The summed E-state index contributed by atoms with van der Waals surface area (Å²) < 4.78 is 25.0. The van der Waals surface area contributed by atoms with E-state index in [-0.39, 0.29) is 11.5 Å². The molecule has 6 nitrogen and oxygen atoms in total. The zero-order valence-corrected chi connectivity index (χ0v) is 10.1. The van der Waals surface area contributed by atoms with Crippen LogP contribution in [0, 0.1) is 13.8 Å². The predicted molar refractivity (Wildman–Crippen MR) is 54.6 cm³/mol. The normalized spacial score (nSPS) is 12.0. The van der Waals surface area contributed by atoms with Crippen molar-refractivity contribution in [1.29, 1.82) is 0 Å². The van der Waals surface area contributed by atoms with Gasteiger partial charge in [0.05, 0.1) is 18.0 Å². The molecule has 0 radical (unpaired) electrons. The lowest BCUT2D eigenvalue weighted by Gasteiger charge is -2.05. The highest BCUT2D eigenvalue weighted by Crippen LogP contribution is 2.17. The molecule has 0 saturated heterocycles. The Hall–Kier alpha value is -0.920. The summed E-state index contributed by atoms with van der Waals surface area (Å²) in [4.78, 5) is 6.91. The standard InChI is InChI=1S/C8H15N3O3S/c1-5-14-10-15(12,13)8-6(2)9-11(4)7(8)3/h10H,5H2,1-4H3. The van der Waals surface area contributed by atoms with Crippen molar-refractivity contribution in [3.05, 3.63) is 11.4 Å². The third-order valence-corrected chi connectivity index (χ3v) is 3.49. The van der Waals surface area contributed by atoms with Gasteiger partial charge in [-0.05, 0) is 20.8 Å². The van der Waals surface area contributed by atoms with Gasteiger partial charge in [0.1, 0.15) is 4.90 Å². The lowest BCUT2D eigenvalue weighted by atomic mass is 10.4. The van der Waals surface area contributed by atoms with Gasteiger partial charge in [0.25, 0.3) is 10.0 Å². The summed E-state index contributed by atoms with van der Waals surface area (Å²) in [6.07, 6.45) is 0. The van der Waals surface area contributed by atoms with Crippen molar-refractivity contribution in [1.82, 2.24) is 14.7 Å². The average Bonchev–Trinajstić information content (AvgIpc) is 2.38. The molecule has 1 aromatic heterocycles. The van der Waals surface area contributed by atoms with Crippen molar-refractivity contribution in [2.75, 3.05) is 6.61 Å². The van der Waals surface area contributed by atoms with E-state index in [0.717, 1.165) is 0 Å². The zero-order chi connectivity index (χ0) is 11.6. The van der Waals surface area contributed by atoms with Gasteiger partial charge in [-0.25, -0.2) is 8.42 Å². The minimum atomic E-state index is -3.62. The van der Waals surface area contributed by atoms with E-state index >= 15 is 0 Å². The molecule has 1 heterocycles. The van der Waals surface area contributed by atoms with Gasteiger partial charge in [-0.15, -0.1) is 0 Å². The zero-order valence-electron chi connectivity index (χ0n) is 9.23. The Balaban J connectivity index is 3.15. The molecule has 7 heteroatoms. The fourth-order valence-electron chi connectivity index (χ4n) is 1.32. The van der Waals surface area contributed by atoms with Crippen LogP contribution in [0.3, 0.4) is 0 Å². The van der Waals surface area contributed by atoms with Gasteiger partial charge in [-0.1, -0.05) is 4.89 Å². The van der Waals surface area contributed by atoms with E-state index in [1.807, 2.05) is 4.89 Å². The maximum atomic E-state index is 11.8. The van der Waals surface area contributed by atoms with Crippen LogP contribution in [-0.2, 0) is 21.9 Å². The van der Waals surface area contributed by atoms with Gasteiger partial charge in [-0.3, -0.25) is 9.52 Å². The molecule has 1 N–H and O–H groups in total. The Morgan fingerprint density at radius 3 is 2.47 bits per heavy atom. The van der Waals surface area contributed by atoms with Gasteiger partial charge in [0.2, 0.25) is 0 Å². The van der Waals surface area contributed by atoms with Gasteiger partial charge in [0, 0.05) is 7.05 Å². The predicted octanol–water partition coefficient (Wildman–Crippen LogP) is 0.267. The Bertz CT molecular complexity index is 450. The number of aryl methyl sites for hydroxylation is 2. The van der Waals surface area contributed by atoms with Crippen LogP contribution in [0.15, 0.2) is 4.90 Å². The summed E-state index contributed by atoms with van der Waals surface area (Å²) in [6.45, 7) is 5.32. The first kappa shape index (κ1) is 12.2. The minimum absolute atomic E-state index is 0.179. The van der Waals surface area contributed by atoms with Gasteiger partial charge >= 0.3 is 0 Å². The molecule has 1 rings (SSSR count). The smallest absolute Gasteiger partial charge is 0.266 e. The maximum absolute atomic E-state index is 11.8. The molecule has 0 aromatic carbocycles. The Kier molecular flexibility index (Phi) is 3.48. The summed E-state index contributed by atoms with van der Waals surface area (Å²) in [5, 5.41) is 4.03. The topological polar surface area (TPSA) is 73.2 Å². The van der Waals surface area contributed by atoms with Gasteiger partial charge in [0.15, 0.2) is 0 Å². The van der Waals surface area contributed by atoms with Gasteiger partial charge < -0.3 is 0 Å². The van der Waals surface area contributed by atoms with Crippen molar-refractivity contribution in [3.63, 3.8) is 0 Å². The Morgan fingerprint density at radius 1 is 1.47 bits per heavy atom. The van der Waals surface area contributed by atoms with Crippen molar-refractivity contribution in [3.8, 4) is 0 Å². The van der Waals surface area contributed by atoms with Crippen LogP contribution in [0.4, 0.5) is 0 Å². The van der Waals surface area contributed by atoms with Crippen molar-refractivity contribution >= 4 is 10.0 Å². The average molecular weight is 233 g/mol. The van der Waals surface area contributed by atoms with Crippen LogP contribution in [0.2, 0.25) is 0 Å². The fraction of sp³-hybridized carbons (Fsp3) is 0.625. The molecule has 0 aliphatic carbocycles. The number of sulfonamides is 1. The molecular formula is C8H15N3O3S. The Morgan fingerprint density at radius 2 is 2.07 bits per heavy atom. The number of hydrogen-bond acceptors (Lipinski definition) is 4. The van der Waals surface area contributed by atoms with Crippen molar-refractivity contribution in [2.24, 2.45) is 7.05 Å². The van der Waals surface area contributed by atoms with Gasteiger partial charge in [-0.2, -0.15) is 5.10 Å². The number of rotatable bonds is 4. The van der Waals surface area contributed by atoms with Crippen LogP contribution in [0.25, 0.3) is 0 Å². The minimum Gasteiger partial charge on any atom is -0.287 e. The second-order valence-corrected chi connectivity index (χ2v) is 4.73.